The second kappa shape index (κ2) is 10.2. The number of nitrogens with zero attached hydrogens (tertiary/aromatic N) is 3. The number of amides is 1. The summed E-state index contributed by atoms with van der Waals surface area (Å²) in [5, 5.41) is 9.99. The van der Waals surface area contributed by atoms with Crippen LogP contribution in [0.2, 0.25) is 0 Å². The number of pyridine rings is 1. The minimum atomic E-state index is -0.382. The van der Waals surface area contributed by atoms with Crippen molar-refractivity contribution in [3.63, 3.8) is 0 Å². The van der Waals surface area contributed by atoms with E-state index in [2.05, 4.69) is 20.7 Å². The standard InChI is InChI=1S/C14H19N5O.2ClH/c1-15-13(11-9-18-19(2)10-11)14(20)17-8-6-12-5-3-4-7-16-12;;/h3-5,7,9-10,13,15H,6,8H2,1-2H3,(H,17,20);2*1H. The first-order chi connectivity index (χ1) is 9.70. The van der Waals surface area contributed by atoms with Gasteiger partial charge in [-0.1, -0.05) is 6.07 Å². The Morgan fingerprint density at radius 2 is 2.14 bits per heavy atom. The third-order valence-corrected chi connectivity index (χ3v) is 3.02. The highest BCUT2D eigenvalue weighted by Crippen LogP contribution is 2.10. The van der Waals surface area contributed by atoms with Crippen LogP contribution in [0, 0.1) is 0 Å². The van der Waals surface area contributed by atoms with Gasteiger partial charge < -0.3 is 10.6 Å². The van der Waals surface area contributed by atoms with Gasteiger partial charge in [0.1, 0.15) is 6.04 Å². The molecule has 8 heteroatoms. The van der Waals surface area contributed by atoms with Crippen LogP contribution in [0.25, 0.3) is 0 Å². The highest BCUT2D eigenvalue weighted by atomic mass is 35.5. The molecular weight excluding hydrogens is 325 g/mol. The summed E-state index contributed by atoms with van der Waals surface area (Å²) in [7, 11) is 3.59. The van der Waals surface area contributed by atoms with Crippen molar-refractivity contribution >= 4 is 30.7 Å². The molecular formula is C14H21Cl2N5O. The average Bonchev–Trinajstić information content (AvgIpc) is 2.87. The molecule has 0 saturated carbocycles. The number of rotatable bonds is 6. The Bertz CT molecular complexity index is 561. The zero-order valence-electron chi connectivity index (χ0n) is 12.5. The van der Waals surface area contributed by atoms with Crippen LogP contribution >= 0.6 is 24.8 Å². The second-order valence-electron chi connectivity index (χ2n) is 4.53. The predicted molar refractivity (Wildman–Crippen MR) is 90.5 cm³/mol. The second-order valence-corrected chi connectivity index (χ2v) is 4.53. The first kappa shape index (κ1) is 20.4. The molecule has 6 nitrogen and oxygen atoms in total. The largest absolute Gasteiger partial charge is 0.354 e. The monoisotopic (exact) mass is 345 g/mol. The van der Waals surface area contributed by atoms with Crippen LogP contribution in [-0.2, 0) is 18.3 Å². The fraction of sp³-hybridized carbons (Fsp3) is 0.357. The number of halogens is 2. The van der Waals surface area contributed by atoms with Gasteiger partial charge in [-0.15, -0.1) is 24.8 Å². The van der Waals surface area contributed by atoms with Crippen LogP contribution < -0.4 is 10.6 Å². The molecule has 2 aromatic rings. The van der Waals surface area contributed by atoms with Crippen LogP contribution in [0.3, 0.4) is 0 Å². The van der Waals surface area contributed by atoms with E-state index in [4.69, 9.17) is 0 Å². The topological polar surface area (TPSA) is 71.8 Å². The lowest BCUT2D eigenvalue weighted by molar-refractivity contribution is -0.123. The lowest BCUT2D eigenvalue weighted by Gasteiger charge is -2.14. The van der Waals surface area contributed by atoms with Gasteiger partial charge in [0, 0.05) is 43.7 Å². The minimum absolute atomic E-state index is 0. The van der Waals surface area contributed by atoms with Gasteiger partial charge in [-0.25, -0.2) is 0 Å². The number of nitrogens with one attached hydrogen (secondary N) is 2. The lowest BCUT2D eigenvalue weighted by Crippen LogP contribution is -2.36. The molecule has 1 unspecified atom stereocenters. The Morgan fingerprint density at radius 3 is 2.68 bits per heavy atom. The fourth-order valence-corrected chi connectivity index (χ4v) is 2.00. The van der Waals surface area contributed by atoms with E-state index >= 15 is 0 Å². The number of hydrogen-bond acceptors (Lipinski definition) is 4. The third kappa shape index (κ3) is 5.63. The molecule has 0 aromatic carbocycles. The number of aryl methyl sites for hydroxylation is 1. The summed E-state index contributed by atoms with van der Waals surface area (Å²) in [5.74, 6) is -0.0589. The molecule has 1 amide bonds. The van der Waals surface area contributed by atoms with Crippen molar-refractivity contribution in [1.82, 2.24) is 25.4 Å². The quantitative estimate of drug-likeness (QED) is 0.827. The molecule has 0 bridgehead atoms. The van der Waals surface area contributed by atoms with Gasteiger partial charge >= 0.3 is 0 Å². The molecule has 1 atom stereocenters. The molecule has 0 aliphatic heterocycles. The number of carbonyl (C=O) groups excluding carboxylic acids is 1. The fourth-order valence-electron chi connectivity index (χ4n) is 2.00. The Hall–Kier alpha value is -1.63. The number of aromatic nitrogens is 3. The smallest absolute Gasteiger partial charge is 0.241 e. The Kier molecular flexibility index (Phi) is 9.40. The van der Waals surface area contributed by atoms with Crippen molar-refractivity contribution in [2.75, 3.05) is 13.6 Å². The van der Waals surface area contributed by atoms with Gasteiger partial charge in [-0.3, -0.25) is 14.5 Å². The maximum absolute atomic E-state index is 12.1. The van der Waals surface area contributed by atoms with Crippen LogP contribution in [-0.4, -0.2) is 34.3 Å². The van der Waals surface area contributed by atoms with E-state index in [9.17, 15) is 4.79 Å². The van der Waals surface area contributed by atoms with E-state index in [0.29, 0.717) is 6.54 Å². The van der Waals surface area contributed by atoms with Gasteiger partial charge in [-0.2, -0.15) is 5.10 Å². The van der Waals surface area contributed by atoms with Crippen LogP contribution in [0.15, 0.2) is 36.8 Å². The Labute approximate surface area is 142 Å². The molecule has 2 rings (SSSR count). The van der Waals surface area contributed by atoms with Crippen LogP contribution in [0.4, 0.5) is 0 Å². The van der Waals surface area contributed by atoms with E-state index in [1.807, 2.05) is 31.4 Å². The SMILES string of the molecule is CNC(C(=O)NCCc1ccccn1)c1cnn(C)c1.Cl.Cl. The zero-order chi connectivity index (χ0) is 14.4. The van der Waals surface area contributed by atoms with Gasteiger partial charge in [0.15, 0.2) is 0 Å². The van der Waals surface area contributed by atoms with E-state index in [-0.39, 0.29) is 36.8 Å². The summed E-state index contributed by atoms with van der Waals surface area (Å²) in [4.78, 5) is 16.4. The maximum atomic E-state index is 12.1. The van der Waals surface area contributed by atoms with Crippen molar-refractivity contribution in [3.8, 4) is 0 Å². The summed E-state index contributed by atoms with van der Waals surface area (Å²) in [5.41, 5.74) is 1.82. The molecule has 0 radical (unpaired) electrons. The highest BCUT2D eigenvalue weighted by molar-refractivity contribution is 5.85. The molecule has 2 N–H and O–H groups in total. The van der Waals surface area contributed by atoms with E-state index in [1.54, 1.807) is 24.1 Å². The number of likely N-dealkylation sites (N-methyl/N-ethyl adjacent to an activating group) is 1. The summed E-state index contributed by atoms with van der Waals surface area (Å²) in [6.07, 6.45) is 6.00. The first-order valence-corrected chi connectivity index (χ1v) is 6.54. The number of carbonyl (C=O) groups is 1. The van der Waals surface area contributed by atoms with Gasteiger partial charge in [0.25, 0.3) is 0 Å². The number of hydrogen-bond donors (Lipinski definition) is 2. The van der Waals surface area contributed by atoms with Gasteiger partial charge in [0.2, 0.25) is 5.91 Å². The van der Waals surface area contributed by atoms with Crippen LogP contribution in [0.1, 0.15) is 17.3 Å². The summed E-state index contributed by atoms with van der Waals surface area (Å²) < 4.78 is 1.68. The molecule has 122 valence electrons. The van der Waals surface area contributed by atoms with Crippen molar-refractivity contribution in [3.05, 3.63) is 48.0 Å². The normalized spacial score (nSPS) is 11.0. The first-order valence-electron chi connectivity index (χ1n) is 6.54. The zero-order valence-corrected chi connectivity index (χ0v) is 14.2. The molecule has 0 spiro atoms. The molecule has 0 saturated heterocycles. The Balaban J connectivity index is 0.00000220. The maximum Gasteiger partial charge on any atom is 0.241 e. The molecule has 2 aromatic heterocycles. The van der Waals surface area contributed by atoms with Crippen molar-refractivity contribution in [2.45, 2.75) is 12.5 Å². The molecule has 0 aliphatic carbocycles. The molecule has 0 aliphatic rings. The highest BCUT2D eigenvalue weighted by Gasteiger charge is 2.19. The van der Waals surface area contributed by atoms with Crippen molar-refractivity contribution < 1.29 is 4.79 Å². The molecule has 2 heterocycles. The van der Waals surface area contributed by atoms with Gasteiger partial charge in [0.05, 0.1) is 6.20 Å². The van der Waals surface area contributed by atoms with E-state index < -0.39 is 0 Å². The van der Waals surface area contributed by atoms with Crippen LogP contribution in [0.5, 0.6) is 0 Å². The molecule has 22 heavy (non-hydrogen) atoms. The van der Waals surface area contributed by atoms with E-state index in [0.717, 1.165) is 17.7 Å². The third-order valence-electron chi connectivity index (χ3n) is 3.02. The summed E-state index contributed by atoms with van der Waals surface area (Å²) in [6.45, 7) is 0.564. The predicted octanol–water partition coefficient (Wildman–Crippen LogP) is 1.28. The summed E-state index contributed by atoms with van der Waals surface area (Å²) >= 11 is 0. The van der Waals surface area contributed by atoms with Crippen molar-refractivity contribution in [1.29, 1.82) is 0 Å². The lowest BCUT2D eigenvalue weighted by atomic mass is 10.1. The van der Waals surface area contributed by atoms with Crippen molar-refractivity contribution in [2.24, 2.45) is 7.05 Å². The minimum Gasteiger partial charge on any atom is -0.354 e. The van der Waals surface area contributed by atoms with Gasteiger partial charge in [-0.05, 0) is 19.2 Å². The van der Waals surface area contributed by atoms with E-state index in [1.165, 1.54) is 0 Å². The Morgan fingerprint density at radius 1 is 1.36 bits per heavy atom. The average molecular weight is 346 g/mol. The molecule has 0 fully saturated rings. The summed E-state index contributed by atoms with van der Waals surface area (Å²) in [6, 6.07) is 5.38.